The second kappa shape index (κ2) is 8.02. The Balaban J connectivity index is 1.73. The first-order chi connectivity index (χ1) is 14.1. The highest BCUT2D eigenvalue weighted by Gasteiger charge is 2.22. The average molecular weight is 384 g/mol. The van der Waals surface area contributed by atoms with E-state index in [0.717, 1.165) is 22.4 Å². The molecule has 1 amide bonds. The number of nitrogens with one attached hydrogen (secondary N) is 1. The highest BCUT2D eigenvalue weighted by molar-refractivity contribution is 5.98. The van der Waals surface area contributed by atoms with Crippen molar-refractivity contribution in [2.75, 3.05) is 0 Å². The summed E-state index contributed by atoms with van der Waals surface area (Å²) >= 11 is 0. The molecule has 0 atom stereocenters. The van der Waals surface area contributed by atoms with Crippen molar-refractivity contribution in [1.82, 2.24) is 30.3 Å². The Labute approximate surface area is 168 Å². The summed E-state index contributed by atoms with van der Waals surface area (Å²) in [6.07, 6.45) is 6.76. The summed E-state index contributed by atoms with van der Waals surface area (Å²) in [5.74, 6) is -0.288. The van der Waals surface area contributed by atoms with E-state index >= 15 is 0 Å². The molecule has 0 aliphatic heterocycles. The van der Waals surface area contributed by atoms with E-state index in [9.17, 15) is 4.79 Å². The first-order valence-electron chi connectivity index (χ1n) is 9.24. The first kappa shape index (κ1) is 18.5. The Morgan fingerprint density at radius 2 is 1.62 bits per heavy atom. The number of benzene rings is 1. The Kier molecular flexibility index (Phi) is 5.11. The van der Waals surface area contributed by atoms with Crippen LogP contribution in [0.1, 0.15) is 27.2 Å². The maximum atomic E-state index is 12.9. The lowest BCUT2D eigenvalue weighted by atomic mass is 10.1. The second-order valence-corrected chi connectivity index (χ2v) is 6.74. The molecule has 4 aromatic rings. The molecular formula is C22H20N6O. The SMILES string of the molecule is Cc1ccc(-n2nnc(C(=O)NCc3ccncc3)c2-c2ccncc2)cc1C. The van der Waals surface area contributed by atoms with E-state index in [0.29, 0.717) is 12.2 Å². The molecule has 3 aromatic heterocycles. The summed E-state index contributed by atoms with van der Waals surface area (Å²) in [4.78, 5) is 21.0. The van der Waals surface area contributed by atoms with Crippen molar-refractivity contribution in [2.24, 2.45) is 0 Å². The van der Waals surface area contributed by atoms with Gasteiger partial charge in [0, 0.05) is 36.9 Å². The standard InChI is InChI=1S/C22H20N6O/c1-15-3-4-19(13-16(15)2)28-21(18-7-11-24-12-8-18)20(26-27-28)22(29)25-14-17-5-9-23-10-6-17/h3-13H,14H2,1-2H3,(H,25,29). The summed E-state index contributed by atoms with van der Waals surface area (Å²) in [7, 11) is 0. The predicted octanol–water partition coefficient (Wildman–Crippen LogP) is 3.27. The van der Waals surface area contributed by atoms with Crippen molar-refractivity contribution >= 4 is 5.91 Å². The molecule has 1 N–H and O–H groups in total. The fraction of sp³-hybridized carbons (Fsp3) is 0.136. The lowest BCUT2D eigenvalue weighted by Gasteiger charge is -2.10. The smallest absolute Gasteiger partial charge is 0.274 e. The van der Waals surface area contributed by atoms with Crippen molar-refractivity contribution in [1.29, 1.82) is 0 Å². The number of hydrogen-bond acceptors (Lipinski definition) is 5. The molecule has 0 saturated heterocycles. The molecule has 0 radical (unpaired) electrons. The summed E-state index contributed by atoms with van der Waals surface area (Å²) in [5, 5.41) is 11.4. The van der Waals surface area contributed by atoms with Gasteiger partial charge in [-0.1, -0.05) is 11.3 Å². The van der Waals surface area contributed by atoms with Crippen LogP contribution in [0, 0.1) is 13.8 Å². The molecule has 0 aliphatic rings. The molecule has 0 aliphatic carbocycles. The number of rotatable bonds is 5. The predicted molar refractivity (Wildman–Crippen MR) is 109 cm³/mol. The number of aryl methyl sites for hydroxylation is 2. The Hall–Kier alpha value is -3.87. The number of hydrogen-bond donors (Lipinski definition) is 1. The third kappa shape index (κ3) is 3.89. The lowest BCUT2D eigenvalue weighted by Crippen LogP contribution is -2.24. The molecule has 0 unspecified atom stereocenters. The number of pyridine rings is 2. The zero-order chi connectivity index (χ0) is 20.2. The van der Waals surface area contributed by atoms with E-state index in [-0.39, 0.29) is 11.6 Å². The van der Waals surface area contributed by atoms with Crippen molar-refractivity contribution < 1.29 is 4.79 Å². The number of nitrogens with zero attached hydrogens (tertiary/aromatic N) is 5. The van der Waals surface area contributed by atoms with Crippen molar-refractivity contribution in [3.63, 3.8) is 0 Å². The van der Waals surface area contributed by atoms with Crippen LogP contribution < -0.4 is 5.32 Å². The van der Waals surface area contributed by atoms with Crippen LogP contribution in [0.15, 0.2) is 67.3 Å². The monoisotopic (exact) mass is 384 g/mol. The van der Waals surface area contributed by atoms with Crippen molar-refractivity contribution in [3.8, 4) is 16.9 Å². The zero-order valence-electron chi connectivity index (χ0n) is 16.2. The lowest BCUT2D eigenvalue weighted by molar-refractivity contribution is 0.0946. The van der Waals surface area contributed by atoms with Gasteiger partial charge in [0.05, 0.1) is 5.69 Å². The van der Waals surface area contributed by atoms with Crippen LogP contribution in [0.5, 0.6) is 0 Å². The number of carbonyl (C=O) groups is 1. The summed E-state index contributed by atoms with van der Waals surface area (Å²) in [6.45, 7) is 4.49. The molecule has 0 bridgehead atoms. The maximum absolute atomic E-state index is 12.9. The maximum Gasteiger partial charge on any atom is 0.274 e. The van der Waals surface area contributed by atoms with E-state index in [4.69, 9.17) is 0 Å². The second-order valence-electron chi connectivity index (χ2n) is 6.74. The molecule has 0 fully saturated rings. The first-order valence-corrected chi connectivity index (χ1v) is 9.24. The van der Waals surface area contributed by atoms with Crippen molar-refractivity contribution in [3.05, 3.63) is 89.6 Å². The largest absolute Gasteiger partial charge is 0.346 e. The molecule has 144 valence electrons. The van der Waals surface area contributed by atoms with E-state index in [1.54, 1.807) is 29.5 Å². The summed E-state index contributed by atoms with van der Waals surface area (Å²) in [5.41, 5.74) is 5.85. The van der Waals surface area contributed by atoms with Crippen LogP contribution in [0.25, 0.3) is 16.9 Å². The molecular weight excluding hydrogens is 364 g/mol. The highest BCUT2D eigenvalue weighted by Crippen LogP contribution is 2.26. The van der Waals surface area contributed by atoms with Crippen LogP contribution in [0.2, 0.25) is 0 Å². The van der Waals surface area contributed by atoms with Gasteiger partial charge in [-0.05, 0) is 66.9 Å². The molecule has 4 rings (SSSR count). The van der Waals surface area contributed by atoms with E-state index in [2.05, 4.69) is 32.5 Å². The number of carbonyl (C=O) groups excluding carboxylic acids is 1. The van der Waals surface area contributed by atoms with Gasteiger partial charge in [0.15, 0.2) is 5.69 Å². The molecule has 0 spiro atoms. The van der Waals surface area contributed by atoms with Gasteiger partial charge in [0.2, 0.25) is 0 Å². The minimum atomic E-state index is -0.288. The molecule has 3 heterocycles. The van der Waals surface area contributed by atoms with Crippen LogP contribution in [-0.2, 0) is 6.54 Å². The Morgan fingerprint density at radius 3 is 2.31 bits per heavy atom. The van der Waals surface area contributed by atoms with E-state index in [1.807, 2.05) is 49.4 Å². The Bertz CT molecular complexity index is 1140. The van der Waals surface area contributed by atoms with E-state index in [1.165, 1.54) is 5.56 Å². The molecule has 7 nitrogen and oxygen atoms in total. The summed E-state index contributed by atoms with van der Waals surface area (Å²) in [6, 6.07) is 13.4. The summed E-state index contributed by atoms with van der Waals surface area (Å²) < 4.78 is 1.70. The van der Waals surface area contributed by atoms with Gasteiger partial charge < -0.3 is 5.32 Å². The van der Waals surface area contributed by atoms with Gasteiger partial charge in [0.1, 0.15) is 5.69 Å². The number of aromatic nitrogens is 5. The third-order valence-electron chi connectivity index (χ3n) is 4.78. The zero-order valence-corrected chi connectivity index (χ0v) is 16.2. The van der Waals surface area contributed by atoms with Gasteiger partial charge in [0.25, 0.3) is 5.91 Å². The van der Waals surface area contributed by atoms with E-state index < -0.39 is 0 Å². The van der Waals surface area contributed by atoms with Crippen LogP contribution in [-0.4, -0.2) is 30.9 Å². The quantitative estimate of drug-likeness (QED) is 0.571. The molecule has 0 saturated carbocycles. The van der Waals surface area contributed by atoms with Gasteiger partial charge in [-0.2, -0.15) is 0 Å². The molecule has 29 heavy (non-hydrogen) atoms. The molecule has 7 heteroatoms. The van der Waals surface area contributed by atoms with Gasteiger partial charge in [-0.25, -0.2) is 4.68 Å². The fourth-order valence-electron chi connectivity index (χ4n) is 3.01. The van der Waals surface area contributed by atoms with Gasteiger partial charge in [-0.15, -0.1) is 5.10 Å². The average Bonchev–Trinajstić information content (AvgIpc) is 3.20. The molecule has 1 aromatic carbocycles. The van der Waals surface area contributed by atoms with Crippen molar-refractivity contribution in [2.45, 2.75) is 20.4 Å². The number of amides is 1. The topological polar surface area (TPSA) is 85.6 Å². The normalized spacial score (nSPS) is 10.7. The third-order valence-corrected chi connectivity index (χ3v) is 4.78. The van der Waals surface area contributed by atoms with Crippen LogP contribution >= 0.6 is 0 Å². The fourth-order valence-corrected chi connectivity index (χ4v) is 3.01. The van der Waals surface area contributed by atoms with Crippen LogP contribution in [0.4, 0.5) is 0 Å². The van der Waals surface area contributed by atoms with Crippen LogP contribution in [0.3, 0.4) is 0 Å². The Morgan fingerprint density at radius 1 is 0.931 bits per heavy atom. The van der Waals surface area contributed by atoms with Gasteiger partial charge in [-0.3, -0.25) is 14.8 Å². The minimum absolute atomic E-state index is 0.267. The minimum Gasteiger partial charge on any atom is -0.346 e. The van der Waals surface area contributed by atoms with Gasteiger partial charge >= 0.3 is 0 Å². The highest BCUT2D eigenvalue weighted by atomic mass is 16.2.